The number of aromatic nitrogens is 1. The van der Waals surface area contributed by atoms with Gasteiger partial charge in [0.15, 0.2) is 5.13 Å². The highest BCUT2D eigenvalue weighted by Gasteiger charge is 2.42. The number of likely N-dealkylation sites (N-methyl/N-ethyl adjacent to an activating group) is 1. The van der Waals surface area contributed by atoms with Gasteiger partial charge in [-0.05, 0) is 62.0 Å². The van der Waals surface area contributed by atoms with E-state index in [1.807, 2.05) is 19.1 Å². The van der Waals surface area contributed by atoms with E-state index in [2.05, 4.69) is 18.7 Å². The molecule has 192 valence electrons. The van der Waals surface area contributed by atoms with Crippen molar-refractivity contribution in [3.8, 4) is 0 Å². The van der Waals surface area contributed by atoms with Crippen molar-refractivity contribution in [2.24, 2.45) is 0 Å². The van der Waals surface area contributed by atoms with Gasteiger partial charge >= 0.3 is 0 Å². The fourth-order valence-corrected chi connectivity index (χ4v) is 8.54. The number of aryl methyl sites for hydroxylation is 1. The number of fused-ring (bicyclic) bond motifs is 1. The minimum absolute atomic E-state index is 0. The summed E-state index contributed by atoms with van der Waals surface area (Å²) < 4.78 is 29.1. The van der Waals surface area contributed by atoms with E-state index in [9.17, 15) is 13.2 Å². The quantitative estimate of drug-likeness (QED) is 0.347. The Morgan fingerprint density at radius 1 is 1.26 bits per heavy atom. The van der Waals surface area contributed by atoms with Gasteiger partial charge in [-0.2, -0.15) is 4.31 Å². The number of halogens is 2. The van der Waals surface area contributed by atoms with E-state index in [0.29, 0.717) is 42.6 Å². The highest BCUT2D eigenvalue weighted by molar-refractivity contribution is 7.91. The molecule has 4 rings (SSSR count). The largest absolute Gasteiger partial charge is 0.302 e. The standard InChI is InChI=1S/C23H29ClN4O3S3.ClH/c1-4-26(5-2)11-12-27(23-25-21-16(3)14-17(24)15-19(21)33-23)22(29)18-8-6-10-28(18)34(30,31)20-9-7-13-32-20;/h7,9,13-15,18H,4-6,8,10-12H2,1-3H3;1H. The highest BCUT2D eigenvalue weighted by Crippen LogP contribution is 2.35. The number of rotatable bonds is 9. The predicted molar refractivity (Wildman–Crippen MR) is 148 cm³/mol. The Kier molecular flexibility index (Phi) is 9.58. The van der Waals surface area contributed by atoms with E-state index in [0.717, 1.165) is 28.9 Å². The van der Waals surface area contributed by atoms with Crippen LogP contribution in [0.3, 0.4) is 0 Å². The third-order valence-corrected chi connectivity index (χ3v) is 10.7. The second kappa shape index (κ2) is 11.9. The molecule has 1 amide bonds. The maximum Gasteiger partial charge on any atom is 0.253 e. The molecular weight excluding hydrogens is 547 g/mol. The van der Waals surface area contributed by atoms with Crippen molar-refractivity contribution < 1.29 is 13.2 Å². The number of carbonyl (C=O) groups excluding carboxylic acids is 1. The number of hydrogen-bond donors (Lipinski definition) is 0. The number of anilines is 1. The van der Waals surface area contributed by atoms with Crippen LogP contribution >= 0.6 is 46.7 Å². The van der Waals surface area contributed by atoms with Gasteiger partial charge in [0.2, 0.25) is 5.91 Å². The molecule has 12 heteroatoms. The maximum absolute atomic E-state index is 13.9. The smallest absolute Gasteiger partial charge is 0.253 e. The first kappa shape index (κ1) is 28.3. The van der Waals surface area contributed by atoms with E-state index in [1.165, 1.54) is 27.0 Å². The Labute approximate surface area is 226 Å². The highest BCUT2D eigenvalue weighted by atomic mass is 35.5. The van der Waals surface area contributed by atoms with Gasteiger partial charge in [0, 0.05) is 24.7 Å². The Hall–Kier alpha value is -1.27. The zero-order valence-electron chi connectivity index (χ0n) is 19.9. The van der Waals surface area contributed by atoms with Crippen molar-refractivity contribution in [3.63, 3.8) is 0 Å². The molecule has 1 unspecified atom stereocenters. The molecule has 0 saturated carbocycles. The minimum Gasteiger partial charge on any atom is -0.302 e. The molecule has 0 spiro atoms. The van der Waals surface area contributed by atoms with E-state index in [-0.39, 0.29) is 22.5 Å². The normalized spacial score (nSPS) is 16.7. The number of benzene rings is 1. The lowest BCUT2D eigenvalue weighted by Gasteiger charge is -2.29. The molecule has 1 aromatic carbocycles. The fourth-order valence-electron chi connectivity index (χ4n) is 4.32. The topological polar surface area (TPSA) is 73.8 Å². The number of carbonyl (C=O) groups is 1. The van der Waals surface area contributed by atoms with Crippen molar-refractivity contribution in [2.75, 3.05) is 37.6 Å². The van der Waals surface area contributed by atoms with E-state index >= 15 is 0 Å². The van der Waals surface area contributed by atoms with Gasteiger partial charge in [-0.25, -0.2) is 13.4 Å². The van der Waals surface area contributed by atoms with Gasteiger partial charge in [-0.15, -0.1) is 23.7 Å². The lowest BCUT2D eigenvalue weighted by Crippen LogP contribution is -2.49. The molecular formula is C23H30Cl2N4O3S3. The Morgan fingerprint density at radius 2 is 2.00 bits per heavy atom. The van der Waals surface area contributed by atoms with Crippen LogP contribution in [0.4, 0.5) is 5.13 Å². The van der Waals surface area contributed by atoms with Crippen LogP contribution in [0.25, 0.3) is 10.2 Å². The summed E-state index contributed by atoms with van der Waals surface area (Å²) in [5.41, 5.74) is 1.77. The summed E-state index contributed by atoms with van der Waals surface area (Å²) in [5.74, 6) is -0.215. The van der Waals surface area contributed by atoms with Crippen LogP contribution in [-0.2, 0) is 14.8 Å². The number of amides is 1. The van der Waals surface area contributed by atoms with Crippen LogP contribution < -0.4 is 4.90 Å². The summed E-state index contributed by atoms with van der Waals surface area (Å²) >= 11 is 8.85. The predicted octanol–water partition coefficient (Wildman–Crippen LogP) is 5.27. The number of hydrogen-bond acceptors (Lipinski definition) is 7. The molecule has 1 aliphatic rings. The molecule has 1 aliphatic heterocycles. The molecule has 35 heavy (non-hydrogen) atoms. The molecule has 0 bridgehead atoms. The van der Waals surface area contributed by atoms with Crippen molar-refractivity contribution in [1.82, 2.24) is 14.2 Å². The van der Waals surface area contributed by atoms with Crippen LogP contribution in [-0.4, -0.2) is 67.3 Å². The SMILES string of the molecule is CCN(CC)CCN(C(=O)C1CCCN1S(=O)(=O)c1cccs1)c1nc2c(C)cc(Cl)cc2s1.Cl. The minimum atomic E-state index is -3.72. The van der Waals surface area contributed by atoms with Gasteiger partial charge in [0.05, 0.1) is 10.2 Å². The summed E-state index contributed by atoms with van der Waals surface area (Å²) in [7, 11) is -3.72. The van der Waals surface area contributed by atoms with Crippen LogP contribution in [0.15, 0.2) is 33.9 Å². The molecule has 7 nitrogen and oxygen atoms in total. The van der Waals surface area contributed by atoms with Crippen molar-refractivity contribution in [1.29, 1.82) is 0 Å². The zero-order valence-corrected chi connectivity index (χ0v) is 24.0. The number of sulfonamides is 1. The van der Waals surface area contributed by atoms with Crippen LogP contribution in [0, 0.1) is 6.92 Å². The maximum atomic E-state index is 13.9. The molecule has 1 saturated heterocycles. The van der Waals surface area contributed by atoms with Gasteiger partial charge in [0.25, 0.3) is 10.0 Å². The number of nitrogens with zero attached hydrogens (tertiary/aromatic N) is 4. The molecule has 2 aromatic heterocycles. The average molecular weight is 578 g/mol. The van der Waals surface area contributed by atoms with Crippen LogP contribution in [0.5, 0.6) is 0 Å². The molecule has 0 radical (unpaired) electrons. The monoisotopic (exact) mass is 576 g/mol. The fraction of sp³-hybridized carbons (Fsp3) is 0.478. The van der Waals surface area contributed by atoms with Gasteiger partial charge in [-0.3, -0.25) is 9.69 Å². The number of thiazole rings is 1. The lowest BCUT2D eigenvalue weighted by molar-refractivity contribution is -0.121. The summed E-state index contributed by atoms with van der Waals surface area (Å²) in [6.07, 6.45) is 1.15. The number of thiophene rings is 1. The average Bonchev–Trinajstić information content (AvgIpc) is 3.57. The van der Waals surface area contributed by atoms with E-state index in [1.54, 1.807) is 22.4 Å². The summed E-state index contributed by atoms with van der Waals surface area (Å²) in [6.45, 7) is 9.33. The third kappa shape index (κ3) is 5.84. The van der Waals surface area contributed by atoms with Crippen molar-refractivity contribution in [2.45, 2.75) is 43.9 Å². The van der Waals surface area contributed by atoms with E-state index < -0.39 is 16.1 Å². The first-order valence-electron chi connectivity index (χ1n) is 11.4. The lowest BCUT2D eigenvalue weighted by atomic mass is 10.2. The van der Waals surface area contributed by atoms with E-state index in [4.69, 9.17) is 16.6 Å². The van der Waals surface area contributed by atoms with Gasteiger partial charge in [0.1, 0.15) is 10.3 Å². The Bertz CT molecular complexity index is 1260. The van der Waals surface area contributed by atoms with Crippen molar-refractivity contribution in [3.05, 3.63) is 40.2 Å². The molecule has 0 N–H and O–H groups in total. The molecule has 1 atom stereocenters. The van der Waals surface area contributed by atoms with Crippen LogP contribution in [0.1, 0.15) is 32.3 Å². The first-order valence-corrected chi connectivity index (χ1v) is 14.9. The summed E-state index contributed by atoms with van der Waals surface area (Å²) in [6, 6.07) is 6.30. The molecule has 3 heterocycles. The van der Waals surface area contributed by atoms with Gasteiger partial charge < -0.3 is 4.90 Å². The second-order valence-electron chi connectivity index (χ2n) is 8.29. The van der Waals surface area contributed by atoms with Crippen LogP contribution in [0.2, 0.25) is 5.02 Å². The second-order valence-corrected chi connectivity index (χ2v) is 12.8. The third-order valence-electron chi connectivity index (χ3n) is 6.22. The Morgan fingerprint density at radius 3 is 2.66 bits per heavy atom. The molecule has 3 aromatic rings. The zero-order chi connectivity index (χ0) is 24.5. The first-order chi connectivity index (χ1) is 16.3. The molecule has 0 aliphatic carbocycles. The summed E-state index contributed by atoms with van der Waals surface area (Å²) in [4.78, 5) is 22.7. The summed E-state index contributed by atoms with van der Waals surface area (Å²) in [5, 5.41) is 2.95. The van der Waals surface area contributed by atoms with Gasteiger partial charge in [-0.1, -0.05) is 42.9 Å². The van der Waals surface area contributed by atoms with Crippen molar-refractivity contribution >= 4 is 78.0 Å². The molecule has 1 fully saturated rings. The Balaban J connectivity index is 0.00000342.